The number of rotatable bonds is 0. The molecule has 8 heavy (non-hydrogen) atoms. The van der Waals surface area contributed by atoms with Gasteiger partial charge in [0, 0.05) is 6.92 Å². The van der Waals surface area contributed by atoms with E-state index >= 15 is 0 Å². The first kappa shape index (κ1) is 6.05. The van der Waals surface area contributed by atoms with Crippen LogP contribution in [0, 0.1) is 0 Å². The van der Waals surface area contributed by atoms with E-state index in [0.29, 0.717) is 12.2 Å². The number of ether oxygens (including phenoxy) is 2. The Hall–Kier alpha value is -0.0800. The molecule has 1 aliphatic heterocycles. The minimum Gasteiger partial charge on any atom is -0.428 e. The fraction of sp³-hybridized carbons (Fsp3) is 1.00. The molecule has 2 unspecified atom stereocenters. The van der Waals surface area contributed by atoms with E-state index in [1.807, 2.05) is 0 Å². The molecule has 2 atom stereocenters. The minimum atomic E-state index is 0.337. The van der Waals surface area contributed by atoms with Gasteiger partial charge in [0.2, 0.25) is 0 Å². The van der Waals surface area contributed by atoms with Gasteiger partial charge in [0.25, 0.3) is 0 Å². The summed E-state index contributed by atoms with van der Waals surface area (Å²) in [7, 11) is 0. The molecule has 48 valence electrons. The molecule has 1 fully saturated rings. The van der Waals surface area contributed by atoms with Crippen molar-refractivity contribution in [2.24, 2.45) is 0 Å². The molecular formula is C6H13O2+. The van der Waals surface area contributed by atoms with E-state index in [9.17, 15) is 0 Å². The highest BCUT2D eigenvalue weighted by Gasteiger charge is 2.21. The fourth-order valence-electron chi connectivity index (χ4n) is 0.783. The quantitative estimate of drug-likeness (QED) is 0.419. The lowest BCUT2D eigenvalue weighted by Gasteiger charge is -2.22. The summed E-state index contributed by atoms with van der Waals surface area (Å²) >= 11 is 0. The molecule has 0 aliphatic carbocycles. The van der Waals surface area contributed by atoms with E-state index < -0.39 is 0 Å². The van der Waals surface area contributed by atoms with Gasteiger partial charge in [0.1, 0.15) is 12.7 Å². The predicted molar refractivity (Wildman–Crippen MR) is 32.0 cm³/mol. The van der Waals surface area contributed by atoms with Crippen molar-refractivity contribution >= 4 is 0 Å². The SMILES string of the molecule is CC1OCC[OH+]C1C. The molecule has 1 N–H and O–H groups in total. The maximum absolute atomic E-state index is 5.30. The molecule has 0 spiro atoms. The summed E-state index contributed by atoms with van der Waals surface area (Å²) in [5.74, 6) is 0. The molecule has 0 radical (unpaired) electrons. The summed E-state index contributed by atoms with van der Waals surface area (Å²) in [5, 5.41) is 0. The van der Waals surface area contributed by atoms with E-state index in [1.54, 1.807) is 0 Å². The third-order valence-corrected chi connectivity index (χ3v) is 1.57. The molecule has 2 heteroatoms. The Balaban J connectivity index is 2.28. The molecule has 0 aromatic heterocycles. The second kappa shape index (κ2) is 2.46. The van der Waals surface area contributed by atoms with Crippen LogP contribution in [0.2, 0.25) is 0 Å². The van der Waals surface area contributed by atoms with Crippen molar-refractivity contribution in [1.82, 2.24) is 0 Å². The van der Waals surface area contributed by atoms with E-state index in [2.05, 4.69) is 18.6 Å². The highest BCUT2D eigenvalue weighted by Crippen LogP contribution is 2.04. The Kier molecular flexibility index (Phi) is 1.86. The Morgan fingerprint density at radius 1 is 1.50 bits per heavy atom. The van der Waals surface area contributed by atoms with Crippen LogP contribution in [-0.2, 0) is 4.74 Å². The standard InChI is InChI=1S/C6H12O2/c1-5-6(2)8-4-3-7-5/h5-6H,3-4H2,1-2H3/p+1. The molecule has 2 nitrogen and oxygen atoms in total. The molecule has 1 heterocycles. The Bertz CT molecular complexity index is 62.9. The van der Waals surface area contributed by atoms with Gasteiger partial charge in [-0.15, -0.1) is 0 Å². The molecule has 0 aromatic rings. The van der Waals surface area contributed by atoms with Gasteiger partial charge >= 0.3 is 0 Å². The lowest BCUT2D eigenvalue weighted by Crippen LogP contribution is -2.36. The molecule has 0 bridgehead atoms. The van der Waals surface area contributed by atoms with Crippen molar-refractivity contribution in [2.75, 3.05) is 13.2 Å². The monoisotopic (exact) mass is 117 g/mol. The lowest BCUT2D eigenvalue weighted by molar-refractivity contribution is -0.214. The van der Waals surface area contributed by atoms with Crippen LogP contribution in [0.3, 0.4) is 0 Å². The van der Waals surface area contributed by atoms with Crippen LogP contribution in [-0.4, -0.2) is 30.2 Å². The van der Waals surface area contributed by atoms with Gasteiger partial charge in [0.05, 0.1) is 0 Å². The third kappa shape index (κ3) is 1.20. The Morgan fingerprint density at radius 3 is 2.62 bits per heavy atom. The minimum absolute atomic E-state index is 0.337. The van der Waals surface area contributed by atoms with Crippen molar-refractivity contribution in [2.45, 2.75) is 26.1 Å². The summed E-state index contributed by atoms with van der Waals surface area (Å²) < 4.78 is 9.58. The van der Waals surface area contributed by atoms with E-state index in [1.165, 1.54) is 0 Å². The maximum Gasteiger partial charge on any atom is 0.178 e. The Labute approximate surface area is 49.8 Å². The van der Waals surface area contributed by atoms with Gasteiger partial charge in [-0.3, -0.25) is 0 Å². The van der Waals surface area contributed by atoms with E-state index in [4.69, 9.17) is 4.74 Å². The first-order valence-corrected chi connectivity index (χ1v) is 3.09. The lowest BCUT2D eigenvalue weighted by atomic mass is 10.2. The summed E-state index contributed by atoms with van der Waals surface area (Å²) in [6.45, 7) is 5.84. The summed E-state index contributed by atoms with van der Waals surface area (Å²) in [5.41, 5.74) is 0. The zero-order valence-electron chi connectivity index (χ0n) is 5.42. The molecule has 1 saturated heterocycles. The van der Waals surface area contributed by atoms with Crippen LogP contribution in [0.4, 0.5) is 0 Å². The zero-order chi connectivity index (χ0) is 5.98. The molecule has 1 aliphatic rings. The maximum atomic E-state index is 5.30. The second-order valence-corrected chi connectivity index (χ2v) is 2.22. The summed E-state index contributed by atoms with van der Waals surface area (Å²) in [6, 6.07) is 0. The average Bonchev–Trinajstić information content (AvgIpc) is 1.77. The van der Waals surface area contributed by atoms with Crippen molar-refractivity contribution < 1.29 is 9.47 Å². The average molecular weight is 117 g/mol. The normalized spacial score (nSPS) is 39.8. The van der Waals surface area contributed by atoms with Crippen LogP contribution in [0.15, 0.2) is 0 Å². The van der Waals surface area contributed by atoms with Crippen LogP contribution in [0.5, 0.6) is 0 Å². The van der Waals surface area contributed by atoms with Gasteiger partial charge in [-0.1, -0.05) is 0 Å². The van der Waals surface area contributed by atoms with Gasteiger partial charge in [-0.25, -0.2) is 0 Å². The number of hydrogen-bond donors (Lipinski definition) is 0. The molecule has 1 rings (SSSR count). The number of aliphatic hydroxyl groups is 2. The molecule has 0 aromatic carbocycles. The summed E-state index contributed by atoms with van der Waals surface area (Å²) in [6.07, 6.45) is 0.743. The van der Waals surface area contributed by atoms with Crippen molar-refractivity contribution in [3.8, 4) is 0 Å². The van der Waals surface area contributed by atoms with Crippen LogP contribution >= 0.6 is 0 Å². The first-order chi connectivity index (χ1) is 3.80. The molecule has 0 saturated carbocycles. The van der Waals surface area contributed by atoms with Crippen LogP contribution in [0.25, 0.3) is 0 Å². The van der Waals surface area contributed by atoms with Crippen molar-refractivity contribution in [1.29, 1.82) is 0 Å². The highest BCUT2D eigenvalue weighted by atomic mass is 16.6. The number of hydrogen-bond acceptors (Lipinski definition) is 1. The topological polar surface area (TPSA) is 22.0 Å². The highest BCUT2D eigenvalue weighted by molar-refractivity contribution is 4.61. The first-order valence-electron chi connectivity index (χ1n) is 3.09. The van der Waals surface area contributed by atoms with Gasteiger partial charge in [0.15, 0.2) is 12.7 Å². The Morgan fingerprint density at radius 2 is 2.25 bits per heavy atom. The fourth-order valence-corrected chi connectivity index (χ4v) is 0.783. The largest absolute Gasteiger partial charge is 0.428 e. The van der Waals surface area contributed by atoms with Crippen molar-refractivity contribution in [3.63, 3.8) is 0 Å². The second-order valence-electron chi connectivity index (χ2n) is 2.22. The van der Waals surface area contributed by atoms with Crippen molar-refractivity contribution in [3.05, 3.63) is 0 Å². The summed E-state index contributed by atoms with van der Waals surface area (Å²) in [4.78, 5) is 0. The van der Waals surface area contributed by atoms with Gasteiger partial charge in [-0.05, 0) is 6.92 Å². The molecule has 0 amide bonds. The zero-order valence-corrected chi connectivity index (χ0v) is 5.42. The van der Waals surface area contributed by atoms with Crippen LogP contribution < -0.4 is 0 Å². The smallest absolute Gasteiger partial charge is 0.178 e. The van der Waals surface area contributed by atoms with Gasteiger partial charge < -0.3 is 9.47 Å². The third-order valence-electron chi connectivity index (χ3n) is 1.57. The molecular weight excluding hydrogens is 104 g/mol. The predicted octanol–water partition coefficient (Wildman–Crippen LogP) is 0.322. The van der Waals surface area contributed by atoms with E-state index in [-0.39, 0.29) is 0 Å². The van der Waals surface area contributed by atoms with Gasteiger partial charge in [-0.2, -0.15) is 0 Å². The van der Waals surface area contributed by atoms with E-state index in [0.717, 1.165) is 13.2 Å². The van der Waals surface area contributed by atoms with Crippen LogP contribution in [0.1, 0.15) is 13.8 Å².